The lowest BCUT2D eigenvalue weighted by Gasteiger charge is -2.26. The van der Waals surface area contributed by atoms with Crippen LogP contribution >= 0.6 is 0 Å². The molecule has 1 saturated heterocycles. The normalized spacial score (nSPS) is 16.0. The summed E-state index contributed by atoms with van der Waals surface area (Å²) in [6.07, 6.45) is 3.41. The fourth-order valence-corrected chi connectivity index (χ4v) is 2.10. The third-order valence-corrected chi connectivity index (χ3v) is 3.17. The molecule has 9 nitrogen and oxygen atoms in total. The molecule has 112 valence electrons. The Morgan fingerprint density at radius 3 is 2.86 bits per heavy atom. The van der Waals surface area contributed by atoms with E-state index < -0.39 is 0 Å². The summed E-state index contributed by atoms with van der Waals surface area (Å²) in [6.45, 7) is 5.15. The van der Waals surface area contributed by atoms with E-state index in [1.54, 1.807) is 23.1 Å². The van der Waals surface area contributed by atoms with Gasteiger partial charge in [-0.25, -0.2) is 4.68 Å². The molecule has 3 N–H and O–H groups in total. The van der Waals surface area contributed by atoms with Gasteiger partial charge in [-0.05, 0) is 6.07 Å². The molecule has 0 aliphatic carbocycles. The Hall–Kier alpha value is -2.26. The van der Waals surface area contributed by atoms with Gasteiger partial charge in [-0.3, -0.25) is 4.90 Å². The Kier molecular flexibility index (Phi) is 4.22. The highest BCUT2D eigenvalue weighted by Gasteiger charge is 2.10. The maximum Gasteiger partial charge on any atom is 0.257 e. The summed E-state index contributed by atoms with van der Waals surface area (Å²) in [4.78, 5) is 14.8. The molecular formula is C12H18N8O. The Bertz CT molecular complexity index is 567. The van der Waals surface area contributed by atoms with Gasteiger partial charge in [0.1, 0.15) is 0 Å². The first-order valence-corrected chi connectivity index (χ1v) is 6.87. The van der Waals surface area contributed by atoms with Crippen molar-refractivity contribution in [2.45, 2.75) is 0 Å². The minimum absolute atomic E-state index is 0.171. The van der Waals surface area contributed by atoms with Crippen molar-refractivity contribution < 1.29 is 4.74 Å². The lowest BCUT2D eigenvalue weighted by atomic mass is 10.4. The molecular weight excluding hydrogens is 272 g/mol. The van der Waals surface area contributed by atoms with Gasteiger partial charge in [0.25, 0.3) is 5.95 Å². The van der Waals surface area contributed by atoms with Gasteiger partial charge in [-0.2, -0.15) is 20.1 Å². The van der Waals surface area contributed by atoms with E-state index in [1.165, 1.54) is 0 Å². The van der Waals surface area contributed by atoms with Crippen molar-refractivity contribution in [3.63, 3.8) is 0 Å². The van der Waals surface area contributed by atoms with Crippen LogP contribution in [0.25, 0.3) is 5.95 Å². The zero-order valence-corrected chi connectivity index (χ0v) is 11.6. The number of rotatable bonds is 5. The van der Waals surface area contributed by atoms with Gasteiger partial charge in [0.15, 0.2) is 0 Å². The highest BCUT2D eigenvalue weighted by molar-refractivity contribution is 5.34. The molecule has 21 heavy (non-hydrogen) atoms. The summed E-state index contributed by atoms with van der Waals surface area (Å²) in [5.74, 6) is 1.03. The van der Waals surface area contributed by atoms with Crippen molar-refractivity contribution in [1.82, 2.24) is 29.6 Å². The minimum atomic E-state index is 0.171. The molecule has 0 amide bonds. The van der Waals surface area contributed by atoms with Crippen molar-refractivity contribution in [3.8, 4) is 5.95 Å². The number of ether oxygens (including phenoxy) is 1. The van der Waals surface area contributed by atoms with Gasteiger partial charge in [0.2, 0.25) is 11.9 Å². The molecule has 0 atom stereocenters. The van der Waals surface area contributed by atoms with E-state index in [9.17, 15) is 0 Å². The number of morpholine rings is 1. The second kappa shape index (κ2) is 6.46. The number of hydrogen-bond acceptors (Lipinski definition) is 8. The van der Waals surface area contributed by atoms with Crippen LogP contribution in [0, 0.1) is 0 Å². The Morgan fingerprint density at radius 2 is 2.10 bits per heavy atom. The van der Waals surface area contributed by atoms with Crippen LogP contribution in [0.5, 0.6) is 0 Å². The van der Waals surface area contributed by atoms with Crippen LogP contribution in [0.15, 0.2) is 18.5 Å². The third kappa shape index (κ3) is 3.64. The van der Waals surface area contributed by atoms with E-state index in [1.807, 2.05) is 0 Å². The monoisotopic (exact) mass is 290 g/mol. The Labute approximate surface area is 122 Å². The molecule has 0 spiro atoms. The average molecular weight is 290 g/mol. The van der Waals surface area contributed by atoms with Gasteiger partial charge < -0.3 is 15.8 Å². The smallest absolute Gasteiger partial charge is 0.257 e. The van der Waals surface area contributed by atoms with Crippen molar-refractivity contribution in [2.75, 3.05) is 50.4 Å². The second-order valence-electron chi connectivity index (χ2n) is 4.65. The number of hydrogen-bond donors (Lipinski definition) is 2. The van der Waals surface area contributed by atoms with Crippen LogP contribution in [-0.4, -0.2) is 69.0 Å². The average Bonchev–Trinajstić information content (AvgIpc) is 3.02. The van der Waals surface area contributed by atoms with Gasteiger partial charge in [0.05, 0.1) is 13.2 Å². The summed E-state index contributed by atoms with van der Waals surface area (Å²) in [6, 6.07) is 1.80. The first-order chi connectivity index (χ1) is 10.3. The second-order valence-corrected chi connectivity index (χ2v) is 4.65. The van der Waals surface area contributed by atoms with E-state index in [2.05, 4.69) is 30.3 Å². The van der Waals surface area contributed by atoms with Gasteiger partial charge in [-0.15, -0.1) is 0 Å². The van der Waals surface area contributed by atoms with Crippen LogP contribution in [0.4, 0.5) is 11.9 Å². The van der Waals surface area contributed by atoms with E-state index in [0.29, 0.717) is 11.9 Å². The van der Waals surface area contributed by atoms with Crippen molar-refractivity contribution in [3.05, 3.63) is 18.5 Å². The molecule has 1 fully saturated rings. The molecule has 3 rings (SSSR count). The van der Waals surface area contributed by atoms with Crippen molar-refractivity contribution in [1.29, 1.82) is 0 Å². The van der Waals surface area contributed by atoms with Crippen LogP contribution in [0.1, 0.15) is 0 Å². The van der Waals surface area contributed by atoms with E-state index in [4.69, 9.17) is 10.5 Å². The maximum absolute atomic E-state index is 5.71. The summed E-state index contributed by atoms with van der Waals surface area (Å²) in [5, 5.41) is 7.25. The minimum Gasteiger partial charge on any atom is -0.379 e. The van der Waals surface area contributed by atoms with Crippen LogP contribution in [-0.2, 0) is 4.74 Å². The van der Waals surface area contributed by atoms with Crippen LogP contribution < -0.4 is 11.1 Å². The molecule has 0 unspecified atom stereocenters. The van der Waals surface area contributed by atoms with Crippen LogP contribution in [0.3, 0.4) is 0 Å². The Balaban J connectivity index is 1.60. The lowest BCUT2D eigenvalue weighted by Crippen LogP contribution is -2.39. The molecule has 2 aromatic heterocycles. The van der Waals surface area contributed by atoms with Gasteiger partial charge in [0, 0.05) is 38.6 Å². The van der Waals surface area contributed by atoms with E-state index >= 15 is 0 Å². The SMILES string of the molecule is Nc1nc(NCCN2CCOCC2)nc(-n2cccn2)n1. The first-order valence-electron chi connectivity index (χ1n) is 6.87. The van der Waals surface area contributed by atoms with Crippen molar-refractivity contribution >= 4 is 11.9 Å². The lowest BCUT2D eigenvalue weighted by molar-refractivity contribution is 0.0398. The quantitative estimate of drug-likeness (QED) is 0.750. The highest BCUT2D eigenvalue weighted by Crippen LogP contribution is 2.06. The summed E-state index contributed by atoms with van der Waals surface area (Å²) in [7, 11) is 0. The molecule has 2 aromatic rings. The number of nitrogen functional groups attached to an aromatic ring is 1. The fourth-order valence-electron chi connectivity index (χ4n) is 2.10. The Morgan fingerprint density at radius 1 is 1.24 bits per heavy atom. The number of nitrogens with two attached hydrogens (primary N) is 1. The molecule has 0 bridgehead atoms. The van der Waals surface area contributed by atoms with Crippen molar-refractivity contribution in [2.24, 2.45) is 0 Å². The van der Waals surface area contributed by atoms with Gasteiger partial charge >= 0.3 is 0 Å². The number of anilines is 2. The fraction of sp³-hybridized carbons (Fsp3) is 0.500. The predicted octanol–water partition coefficient (Wildman–Crippen LogP) is -0.616. The largest absolute Gasteiger partial charge is 0.379 e. The maximum atomic E-state index is 5.71. The first kappa shape index (κ1) is 13.7. The van der Waals surface area contributed by atoms with E-state index in [-0.39, 0.29) is 5.95 Å². The topological polar surface area (TPSA) is 107 Å². The summed E-state index contributed by atoms with van der Waals surface area (Å²) >= 11 is 0. The molecule has 0 saturated carbocycles. The zero-order chi connectivity index (χ0) is 14.5. The number of nitrogens with one attached hydrogen (secondary N) is 1. The molecule has 1 aliphatic rings. The molecule has 1 aliphatic heterocycles. The highest BCUT2D eigenvalue weighted by atomic mass is 16.5. The molecule has 3 heterocycles. The molecule has 9 heteroatoms. The summed E-state index contributed by atoms with van der Waals surface area (Å²) in [5.41, 5.74) is 5.71. The third-order valence-electron chi connectivity index (χ3n) is 3.17. The van der Waals surface area contributed by atoms with E-state index in [0.717, 1.165) is 39.4 Å². The van der Waals surface area contributed by atoms with Gasteiger partial charge in [-0.1, -0.05) is 0 Å². The molecule has 0 radical (unpaired) electrons. The number of aromatic nitrogens is 5. The number of nitrogens with zero attached hydrogens (tertiary/aromatic N) is 6. The summed E-state index contributed by atoms with van der Waals surface area (Å²) < 4.78 is 6.86. The van der Waals surface area contributed by atoms with Crippen LogP contribution in [0.2, 0.25) is 0 Å². The molecule has 0 aromatic carbocycles. The predicted molar refractivity (Wildman–Crippen MR) is 77.1 cm³/mol. The zero-order valence-electron chi connectivity index (χ0n) is 11.6. The standard InChI is InChI=1S/C12H18N8O/c13-10-16-11(14-3-5-19-6-8-21-9-7-19)18-12(17-10)20-4-1-2-15-20/h1-2,4H,3,5-9H2,(H3,13,14,16,17,18).